The highest BCUT2D eigenvalue weighted by molar-refractivity contribution is 5.95. The number of carbonyl (C=O) groups is 2. The first-order valence-corrected chi connectivity index (χ1v) is 11.9. The largest absolute Gasteiger partial charge is 0.349 e. The molecule has 0 radical (unpaired) electrons. The fourth-order valence-corrected chi connectivity index (χ4v) is 4.95. The molecule has 1 heterocycles. The van der Waals surface area contributed by atoms with Gasteiger partial charge in [0.15, 0.2) is 0 Å². The van der Waals surface area contributed by atoms with E-state index < -0.39 is 0 Å². The van der Waals surface area contributed by atoms with Crippen molar-refractivity contribution in [1.82, 2.24) is 10.2 Å². The van der Waals surface area contributed by atoms with Crippen LogP contribution in [0.4, 0.5) is 0 Å². The molecular weight excluding hydrogens is 384 g/mol. The van der Waals surface area contributed by atoms with Crippen molar-refractivity contribution >= 4 is 11.8 Å². The number of benzene rings is 2. The number of piperidine rings is 1. The molecule has 1 N–H and O–H groups in total. The summed E-state index contributed by atoms with van der Waals surface area (Å²) < 4.78 is 0. The molecule has 2 amide bonds. The molecule has 0 unspecified atom stereocenters. The van der Waals surface area contributed by atoms with Crippen molar-refractivity contribution in [3.8, 4) is 0 Å². The van der Waals surface area contributed by atoms with E-state index >= 15 is 0 Å². The molecule has 2 fully saturated rings. The Balaban J connectivity index is 1.42. The van der Waals surface area contributed by atoms with Gasteiger partial charge in [-0.1, -0.05) is 50.5 Å². The molecule has 2 aromatic carbocycles. The van der Waals surface area contributed by atoms with E-state index in [0.717, 1.165) is 55.3 Å². The molecule has 4 rings (SSSR count). The summed E-state index contributed by atoms with van der Waals surface area (Å²) in [5.74, 6) is 0.419. The average Bonchev–Trinajstić information content (AvgIpc) is 2.84. The minimum atomic E-state index is 0.0357. The Kier molecular flexibility index (Phi) is 7.06. The summed E-state index contributed by atoms with van der Waals surface area (Å²) in [5, 5.41) is 3.22. The van der Waals surface area contributed by atoms with Gasteiger partial charge in [0, 0.05) is 36.2 Å². The van der Waals surface area contributed by atoms with Crippen molar-refractivity contribution in [1.29, 1.82) is 0 Å². The first kappa shape index (κ1) is 21.6. The van der Waals surface area contributed by atoms with Crippen LogP contribution in [0.1, 0.15) is 89.6 Å². The topological polar surface area (TPSA) is 49.4 Å². The highest BCUT2D eigenvalue weighted by Gasteiger charge is 2.26. The third kappa shape index (κ3) is 5.36. The Labute approximate surface area is 186 Å². The van der Waals surface area contributed by atoms with Crippen LogP contribution in [0.3, 0.4) is 0 Å². The molecule has 2 aromatic rings. The van der Waals surface area contributed by atoms with Gasteiger partial charge in [0.2, 0.25) is 0 Å². The van der Waals surface area contributed by atoms with E-state index in [0.29, 0.717) is 12.6 Å². The van der Waals surface area contributed by atoms with E-state index in [1.165, 1.54) is 24.8 Å². The molecule has 0 spiro atoms. The lowest BCUT2D eigenvalue weighted by Gasteiger charge is -2.33. The minimum absolute atomic E-state index is 0.0357. The molecule has 4 nitrogen and oxygen atoms in total. The zero-order valence-corrected chi connectivity index (χ0v) is 18.6. The van der Waals surface area contributed by atoms with Crippen LogP contribution in [-0.2, 0) is 6.42 Å². The Morgan fingerprint density at radius 3 is 2.45 bits per heavy atom. The molecule has 1 aliphatic carbocycles. The van der Waals surface area contributed by atoms with E-state index in [4.69, 9.17) is 0 Å². The van der Waals surface area contributed by atoms with Crippen LogP contribution in [0.25, 0.3) is 0 Å². The molecule has 1 atom stereocenters. The van der Waals surface area contributed by atoms with Crippen LogP contribution in [-0.4, -0.2) is 35.8 Å². The molecule has 1 aliphatic heterocycles. The van der Waals surface area contributed by atoms with E-state index in [9.17, 15) is 9.59 Å². The fourth-order valence-electron chi connectivity index (χ4n) is 4.95. The summed E-state index contributed by atoms with van der Waals surface area (Å²) in [4.78, 5) is 27.8. The summed E-state index contributed by atoms with van der Waals surface area (Å²) in [5.41, 5.74) is 3.91. The first-order valence-electron chi connectivity index (χ1n) is 11.9. The second-order valence-electron chi connectivity index (χ2n) is 9.07. The van der Waals surface area contributed by atoms with Crippen LogP contribution in [0.15, 0.2) is 48.5 Å². The number of amides is 2. The molecule has 1 saturated heterocycles. The normalized spacial score (nSPS) is 19.8. The zero-order chi connectivity index (χ0) is 21.6. The zero-order valence-electron chi connectivity index (χ0n) is 18.6. The van der Waals surface area contributed by atoms with Crippen molar-refractivity contribution < 1.29 is 9.59 Å². The summed E-state index contributed by atoms with van der Waals surface area (Å²) in [6.45, 7) is 3.63. The maximum absolute atomic E-state index is 13.0. The number of nitrogens with one attached hydrogen (secondary N) is 1. The van der Waals surface area contributed by atoms with Crippen LogP contribution >= 0.6 is 0 Å². The van der Waals surface area contributed by atoms with Gasteiger partial charge in [0.25, 0.3) is 11.8 Å². The van der Waals surface area contributed by atoms with Crippen LogP contribution in [0, 0.1) is 0 Å². The third-order valence-corrected chi connectivity index (χ3v) is 6.88. The number of rotatable bonds is 5. The summed E-state index contributed by atoms with van der Waals surface area (Å²) in [6.07, 6.45) is 8.88. The molecule has 31 heavy (non-hydrogen) atoms. The Morgan fingerprint density at radius 1 is 0.935 bits per heavy atom. The number of aryl methyl sites for hydroxylation is 1. The molecule has 164 valence electrons. The minimum Gasteiger partial charge on any atom is -0.349 e. The second-order valence-corrected chi connectivity index (χ2v) is 9.07. The fraction of sp³-hybridized carbons (Fsp3) is 0.481. The van der Waals surface area contributed by atoms with Gasteiger partial charge in [-0.3, -0.25) is 9.59 Å². The standard InChI is InChI=1S/C27H34N2O2/c1-2-20-13-15-21(16-14-20)27(31)29-17-7-10-24(19-29)22-8-6-9-23(18-22)26(30)28-25-11-4-3-5-12-25/h6,8-9,13-16,18,24-25H,2-5,7,10-12,17,19H2,1H3,(H,28,30)/t24-/m0/s1. The van der Waals surface area contributed by atoms with Gasteiger partial charge < -0.3 is 10.2 Å². The van der Waals surface area contributed by atoms with E-state index in [1.807, 2.05) is 47.4 Å². The summed E-state index contributed by atoms with van der Waals surface area (Å²) in [6, 6.07) is 16.3. The number of likely N-dealkylation sites (tertiary alicyclic amines) is 1. The SMILES string of the molecule is CCc1ccc(C(=O)N2CCC[C@H](c3cccc(C(=O)NC4CCCCC4)c3)C2)cc1. The number of hydrogen-bond donors (Lipinski definition) is 1. The Morgan fingerprint density at radius 2 is 1.71 bits per heavy atom. The lowest BCUT2D eigenvalue weighted by molar-refractivity contribution is 0.0706. The summed E-state index contributed by atoms with van der Waals surface area (Å²) in [7, 11) is 0. The Bertz CT molecular complexity index is 900. The van der Waals surface area contributed by atoms with Crippen molar-refractivity contribution in [2.24, 2.45) is 0 Å². The highest BCUT2D eigenvalue weighted by atomic mass is 16.2. The summed E-state index contributed by atoms with van der Waals surface area (Å²) >= 11 is 0. The lowest BCUT2D eigenvalue weighted by atomic mass is 9.89. The van der Waals surface area contributed by atoms with Gasteiger partial charge in [-0.2, -0.15) is 0 Å². The van der Waals surface area contributed by atoms with E-state index in [1.54, 1.807) is 0 Å². The molecule has 0 aromatic heterocycles. The van der Waals surface area contributed by atoms with Crippen molar-refractivity contribution in [2.75, 3.05) is 13.1 Å². The van der Waals surface area contributed by atoms with Crippen molar-refractivity contribution in [2.45, 2.75) is 70.3 Å². The Hall–Kier alpha value is -2.62. The number of hydrogen-bond acceptors (Lipinski definition) is 2. The predicted molar refractivity (Wildman–Crippen MR) is 124 cm³/mol. The molecule has 1 saturated carbocycles. The van der Waals surface area contributed by atoms with Gasteiger partial charge in [-0.05, 0) is 67.5 Å². The van der Waals surface area contributed by atoms with Gasteiger partial charge >= 0.3 is 0 Å². The maximum Gasteiger partial charge on any atom is 0.253 e. The van der Waals surface area contributed by atoms with Gasteiger partial charge in [0.05, 0.1) is 0 Å². The highest BCUT2D eigenvalue weighted by Crippen LogP contribution is 2.28. The molecule has 2 aliphatic rings. The van der Waals surface area contributed by atoms with Gasteiger partial charge in [0.1, 0.15) is 0 Å². The van der Waals surface area contributed by atoms with E-state index in [-0.39, 0.29) is 17.7 Å². The molecule has 0 bridgehead atoms. The monoisotopic (exact) mass is 418 g/mol. The molecule has 4 heteroatoms. The third-order valence-electron chi connectivity index (χ3n) is 6.88. The van der Waals surface area contributed by atoms with Crippen LogP contribution < -0.4 is 5.32 Å². The van der Waals surface area contributed by atoms with Crippen molar-refractivity contribution in [3.63, 3.8) is 0 Å². The average molecular weight is 419 g/mol. The smallest absolute Gasteiger partial charge is 0.253 e. The quantitative estimate of drug-likeness (QED) is 0.713. The second kappa shape index (κ2) is 10.1. The maximum atomic E-state index is 13.0. The van der Waals surface area contributed by atoms with Gasteiger partial charge in [-0.25, -0.2) is 0 Å². The predicted octanol–water partition coefficient (Wildman–Crippen LogP) is 5.33. The number of carbonyl (C=O) groups excluding carboxylic acids is 2. The lowest BCUT2D eigenvalue weighted by Crippen LogP contribution is -2.39. The van der Waals surface area contributed by atoms with Crippen LogP contribution in [0.2, 0.25) is 0 Å². The number of nitrogens with zero attached hydrogens (tertiary/aromatic N) is 1. The van der Waals surface area contributed by atoms with Gasteiger partial charge in [-0.15, -0.1) is 0 Å². The first-order chi connectivity index (χ1) is 15.1. The van der Waals surface area contributed by atoms with Crippen LogP contribution in [0.5, 0.6) is 0 Å². The van der Waals surface area contributed by atoms with Crippen molar-refractivity contribution in [3.05, 3.63) is 70.8 Å². The van der Waals surface area contributed by atoms with E-state index in [2.05, 4.69) is 18.3 Å². The molecular formula is C27H34N2O2.